The number of fused-ring (bicyclic) bond motifs is 1. The van der Waals surface area contributed by atoms with E-state index < -0.39 is 0 Å². The Hall–Kier alpha value is -2.20. The zero-order valence-corrected chi connectivity index (χ0v) is 14.8. The fraction of sp³-hybridized carbons (Fsp3) is 0.350. The van der Waals surface area contributed by atoms with Gasteiger partial charge in [0.15, 0.2) is 6.61 Å². The summed E-state index contributed by atoms with van der Waals surface area (Å²) in [6.07, 6.45) is 4.72. The summed E-state index contributed by atoms with van der Waals surface area (Å²) in [5, 5.41) is 3.33. The molecule has 2 aromatic carbocycles. The van der Waals surface area contributed by atoms with Crippen molar-refractivity contribution in [2.24, 2.45) is 0 Å². The van der Waals surface area contributed by atoms with Crippen LogP contribution in [0.5, 0.6) is 11.5 Å². The summed E-state index contributed by atoms with van der Waals surface area (Å²) in [5.41, 5.74) is 2.75. The molecule has 0 unspecified atom stereocenters. The predicted molar refractivity (Wildman–Crippen MR) is 98.5 cm³/mol. The first-order valence-corrected chi connectivity index (χ1v) is 8.99. The molecular weight excluding hydrogens is 338 g/mol. The van der Waals surface area contributed by atoms with Gasteiger partial charge in [0.1, 0.15) is 18.1 Å². The number of nitrogens with one attached hydrogen (secondary N) is 1. The lowest BCUT2D eigenvalue weighted by molar-refractivity contribution is -0.123. The van der Waals surface area contributed by atoms with Crippen LogP contribution in [0.25, 0.3) is 0 Å². The molecule has 4 nitrogen and oxygen atoms in total. The molecule has 0 radical (unpaired) electrons. The third kappa shape index (κ3) is 5.13. The number of para-hydroxylation sites is 1. The number of rotatable bonds is 7. The first-order chi connectivity index (χ1) is 12.2. The molecular formula is C20H22ClNO3. The molecule has 0 heterocycles. The number of hydrogen-bond donors (Lipinski definition) is 1. The maximum atomic E-state index is 11.9. The van der Waals surface area contributed by atoms with E-state index in [1.165, 1.54) is 24.0 Å². The van der Waals surface area contributed by atoms with Crippen LogP contribution in [-0.2, 0) is 17.6 Å². The number of carbonyl (C=O) groups excluding carboxylic acids is 1. The molecule has 0 atom stereocenters. The van der Waals surface area contributed by atoms with Crippen molar-refractivity contribution in [2.45, 2.75) is 25.7 Å². The van der Waals surface area contributed by atoms with Crippen LogP contribution in [0.3, 0.4) is 0 Å². The van der Waals surface area contributed by atoms with Gasteiger partial charge in [0.2, 0.25) is 0 Å². The maximum absolute atomic E-state index is 11.9. The van der Waals surface area contributed by atoms with E-state index in [-0.39, 0.29) is 12.5 Å². The molecule has 0 saturated heterocycles. The molecule has 1 amide bonds. The molecule has 0 fully saturated rings. The Morgan fingerprint density at radius 2 is 1.84 bits per heavy atom. The van der Waals surface area contributed by atoms with E-state index in [9.17, 15) is 4.79 Å². The largest absolute Gasteiger partial charge is 0.490 e. The van der Waals surface area contributed by atoms with Crippen LogP contribution in [0.15, 0.2) is 42.5 Å². The fourth-order valence-corrected chi connectivity index (χ4v) is 3.10. The van der Waals surface area contributed by atoms with E-state index >= 15 is 0 Å². The van der Waals surface area contributed by atoms with Crippen LogP contribution in [0, 0.1) is 0 Å². The van der Waals surface area contributed by atoms with Crippen LogP contribution < -0.4 is 14.8 Å². The third-order valence-electron chi connectivity index (χ3n) is 4.21. The highest BCUT2D eigenvalue weighted by atomic mass is 35.5. The Kier molecular flexibility index (Phi) is 6.18. The Labute approximate surface area is 153 Å². The lowest BCUT2D eigenvalue weighted by Crippen LogP contribution is -2.32. The van der Waals surface area contributed by atoms with Gasteiger partial charge < -0.3 is 14.8 Å². The minimum atomic E-state index is -0.166. The normalized spacial score (nSPS) is 13.0. The highest BCUT2D eigenvalue weighted by molar-refractivity contribution is 6.32. The zero-order chi connectivity index (χ0) is 17.5. The van der Waals surface area contributed by atoms with Gasteiger partial charge in [-0.3, -0.25) is 4.79 Å². The van der Waals surface area contributed by atoms with Gasteiger partial charge in [-0.15, -0.1) is 0 Å². The second-order valence-electron chi connectivity index (χ2n) is 6.06. The standard InChI is InChI=1S/C20H22ClNO3/c21-18-7-3-4-8-19(18)24-12-11-22-20(23)14-25-17-10-9-15-5-1-2-6-16(15)13-17/h3-4,7-10,13H,1-2,5-6,11-12,14H2,(H,22,23). The molecule has 0 saturated carbocycles. The SMILES string of the molecule is O=C(COc1ccc2c(c1)CCCC2)NCCOc1ccccc1Cl. The molecule has 3 rings (SSSR count). The van der Waals surface area contributed by atoms with E-state index in [1.807, 2.05) is 18.2 Å². The van der Waals surface area contributed by atoms with Crippen molar-refractivity contribution in [3.63, 3.8) is 0 Å². The van der Waals surface area contributed by atoms with E-state index in [0.717, 1.165) is 18.6 Å². The van der Waals surface area contributed by atoms with E-state index in [1.54, 1.807) is 12.1 Å². The highest BCUT2D eigenvalue weighted by Crippen LogP contribution is 2.25. The molecule has 1 N–H and O–H groups in total. The molecule has 25 heavy (non-hydrogen) atoms. The van der Waals surface area contributed by atoms with Gasteiger partial charge in [-0.05, 0) is 61.1 Å². The molecule has 2 aromatic rings. The van der Waals surface area contributed by atoms with Crippen molar-refractivity contribution in [1.82, 2.24) is 5.32 Å². The number of halogens is 1. The van der Waals surface area contributed by atoms with E-state index in [4.69, 9.17) is 21.1 Å². The number of hydrogen-bond acceptors (Lipinski definition) is 3. The third-order valence-corrected chi connectivity index (χ3v) is 4.52. The highest BCUT2D eigenvalue weighted by Gasteiger charge is 2.10. The molecule has 5 heteroatoms. The second-order valence-corrected chi connectivity index (χ2v) is 6.46. The van der Waals surface area contributed by atoms with Gasteiger partial charge in [-0.25, -0.2) is 0 Å². The van der Waals surface area contributed by atoms with Crippen LogP contribution >= 0.6 is 11.6 Å². The summed E-state index contributed by atoms with van der Waals surface area (Å²) in [6, 6.07) is 13.4. The minimum absolute atomic E-state index is 0.00484. The lowest BCUT2D eigenvalue weighted by atomic mass is 9.92. The molecule has 132 valence electrons. The Bertz CT molecular complexity index is 733. The second kappa shape index (κ2) is 8.77. The lowest BCUT2D eigenvalue weighted by Gasteiger charge is -2.16. The maximum Gasteiger partial charge on any atom is 0.258 e. The van der Waals surface area contributed by atoms with Crippen LogP contribution in [-0.4, -0.2) is 25.7 Å². The van der Waals surface area contributed by atoms with Crippen molar-refractivity contribution in [3.05, 3.63) is 58.6 Å². The summed E-state index contributed by atoms with van der Waals surface area (Å²) in [6.45, 7) is 0.761. The number of carbonyl (C=O) groups is 1. The van der Waals surface area contributed by atoms with Crippen LogP contribution in [0.2, 0.25) is 5.02 Å². The number of aryl methyl sites for hydroxylation is 2. The molecule has 1 aliphatic rings. The van der Waals surface area contributed by atoms with Gasteiger partial charge in [0.05, 0.1) is 11.6 Å². The molecule has 0 aromatic heterocycles. The Morgan fingerprint density at radius 3 is 2.68 bits per heavy atom. The molecule has 0 spiro atoms. The number of amides is 1. The van der Waals surface area contributed by atoms with E-state index in [0.29, 0.717) is 23.9 Å². The van der Waals surface area contributed by atoms with Crippen molar-refractivity contribution in [1.29, 1.82) is 0 Å². The number of ether oxygens (including phenoxy) is 2. The number of benzene rings is 2. The average Bonchev–Trinajstić information content (AvgIpc) is 2.64. The zero-order valence-electron chi connectivity index (χ0n) is 14.1. The predicted octanol–water partition coefficient (Wildman–Crippen LogP) is 3.79. The first kappa shape index (κ1) is 17.6. The van der Waals surface area contributed by atoms with Gasteiger partial charge in [-0.2, -0.15) is 0 Å². The first-order valence-electron chi connectivity index (χ1n) is 8.61. The fourth-order valence-electron chi connectivity index (χ4n) is 2.91. The van der Waals surface area contributed by atoms with Crippen molar-refractivity contribution >= 4 is 17.5 Å². The summed E-state index contributed by atoms with van der Waals surface area (Å²) < 4.78 is 11.1. The summed E-state index contributed by atoms with van der Waals surface area (Å²) >= 11 is 6.00. The van der Waals surface area contributed by atoms with Gasteiger partial charge >= 0.3 is 0 Å². The minimum Gasteiger partial charge on any atom is -0.490 e. The monoisotopic (exact) mass is 359 g/mol. The Balaban J connectivity index is 1.37. The smallest absolute Gasteiger partial charge is 0.258 e. The topological polar surface area (TPSA) is 47.6 Å². The quantitative estimate of drug-likeness (QED) is 0.765. The van der Waals surface area contributed by atoms with Gasteiger partial charge in [-0.1, -0.05) is 29.8 Å². The van der Waals surface area contributed by atoms with Crippen molar-refractivity contribution in [2.75, 3.05) is 19.8 Å². The molecule has 0 aliphatic heterocycles. The summed E-state index contributed by atoms with van der Waals surface area (Å²) in [4.78, 5) is 11.9. The van der Waals surface area contributed by atoms with E-state index in [2.05, 4.69) is 17.4 Å². The average molecular weight is 360 g/mol. The van der Waals surface area contributed by atoms with Gasteiger partial charge in [0.25, 0.3) is 5.91 Å². The molecule has 1 aliphatic carbocycles. The van der Waals surface area contributed by atoms with Crippen molar-refractivity contribution in [3.8, 4) is 11.5 Å². The molecule has 0 bridgehead atoms. The van der Waals surface area contributed by atoms with Crippen LogP contribution in [0.1, 0.15) is 24.0 Å². The summed E-state index contributed by atoms with van der Waals surface area (Å²) in [5.74, 6) is 1.20. The van der Waals surface area contributed by atoms with Crippen molar-refractivity contribution < 1.29 is 14.3 Å². The summed E-state index contributed by atoms with van der Waals surface area (Å²) in [7, 11) is 0. The Morgan fingerprint density at radius 1 is 1.04 bits per heavy atom. The van der Waals surface area contributed by atoms with Crippen LogP contribution in [0.4, 0.5) is 0 Å². The van der Waals surface area contributed by atoms with Gasteiger partial charge in [0, 0.05) is 0 Å².